The van der Waals surface area contributed by atoms with E-state index in [-0.39, 0.29) is 5.56 Å². The van der Waals surface area contributed by atoms with Crippen LogP contribution in [0.2, 0.25) is 5.02 Å². The lowest BCUT2D eigenvalue weighted by Crippen LogP contribution is -1.94. The minimum atomic E-state index is -0.486. The van der Waals surface area contributed by atoms with E-state index in [4.69, 9.17) is 21.6 Å². The van der Waals surface area contributed by atoms with Crippen molar-refractivity contribution < 1.29 is 9.13 Å². The number of benzene rings is 2. The Labute approximate surface area is 115 Å². The number of ether oxygens (including phenoxy) is 1. The first kappa shape index (κ1) is 13.2. The smallest absolute Gasteiger partial charge is 0.126 e. The fraction of sp³-hybridized carbons (Fsp3) is 0.0714. The molecule has 0 aliphatic carbocycles. The highest BCUT2D eigenvalue weighted by Gasteiger charge is 2.05. The van der Waals surface area contributed by atoms with Gasteiger partial charge in [0.1, 0.15) is 11.6 Å². The molecule has 0 spiro atoms. The molecule has 0 aromatic heterocycles. The van der Waals surface area contributed by atoms with Gasteiger partial charge in [-0.25, -0.2) is 4.39 Å². The number of nitrogens with zero attached hydrogens (tertiary/aromatic N) is 1. The zero-order valence-corrected chi connectivity index (χ0v) is 10.8. The Morgan fingerprint density at radius 2 is 2.05 bits per heavy atom. The first-order valence-electron chi connectivity index (χ1n) is 5.43. The summed E-state index contributed by atoms with van der Waals surface area (Å²) < 4.78 is 18.4. The molecule has 0 aliphatic heterocycles. The predicted octanol–water partition coefficient (Wildman–Crippen LogP) is 4.10. The average molecular weight is 277 g/mol. The van der Waals surface area contributed by atoms with Crippen LogP contribution in [0.3, 0.4) is 0 Å². The highest BCUT2D eigenvalue weighted by Crippen LogP contribution is 2.29. The number of nitrogens with one attached hydrogen (secondary N) is 1. The van der Waals surface area contributed by atoms with E-state index in [0.717, 1.165) is 0 Å². The van der Waals surface area contributed by atoms with Gasteiger partial charge in [-0.3, -0.25) is 0 Å². The SMILES string of the molecule is COc1ccc(Cl)c(Nc2cc(F)cc(C#N)c2)c1. The summed E-state index contributed by atoms with van der Waals surface area (Å²) in [6.45, 7) is 0. The van der Waals surface area contributed by atoms with Gasteiger partial charge in [-0.15, -0.1) is 0 Å². The van der Waals surface area contributed by atoms with Crippen LogP contribution in [0.15, 0.2) is 36.4 Å². The largest absolute Gasteiger partial charge is 0.497 e. The zero-order valence-electron chi connectivity index (χ0n) is 10.1. The zero-order chi connectivity index (χ0) is 13.8. The molecule has 3 nitrogen and oxygen atoms in total. The first-order chi connectivity index (χ1) is 9.12. The fourth-order valence-corrected chi connectivity index (χ4v) is 1.77. The Bertz CT molecular complexity index is 652. The van der Waals surface area contributed by atoms with Crippen LogP contribution in [0.1, 0.15) is 5.56 Å². The maximum absolute atomic E-state index is 13.3. The molecule has 0 aliphatic rings. The van der Waals surface area contributed by atoms with Gasteiger partial charge in [0.05, 0.1) is 29.5 Å². The molecule has 0 unspecified atom stereocenters. The number of methoxy groups -OCH3 is 1. The molecule has 5 heteroatoms. The molecule has 1 N–H and O–H groups in total. The Morgan fingerprint density at radius 1 is 1.26 bits per heavy atom. The molecule has 0 amide bonds. The summed E-state index contributed by atoms with van der Waals surface area (Å²) in [4.78, 5) is 0. The standard InChI is InChI=1S/C14H10ClFN2O/c1-19-12-2-3-13(15)14(7-12)18-11-5-9(8-17)4-10(16)6-11/h2-7,18H,1H3. The number of anilines is 2. The summed E-state index contributed by atoms with van der Waals surface area (Å²) in [5.74, 6) is 0.143. The third kappa shape index (κ3) is 3.15. The molecule has 0 fully saturated rings. The molecule has 2 aromatic carbocycles. The van der Waals surface area contributed by atoms with Crippen molar-refractivity contribution in [2.45, 2.75) is 0 Å². The molecule has 0 atom stereocenters. The number of hydrogen-bond donors (Lipinski definition) is 1. The summed E-state index contributed by atoms with van der Waals surface area (Å²) >= 11 is 6.04. The van der Waals surface area contributed by atoms with Crippen molar-refractivity contribution in [1.29, 1.82) is 5.26 Å². The highest BCUT2D eigenvalue weighted by molar-refractivity contribution is 6.33. The number of nitriles is 1. The average Bonchev–Trinajstić information content (AvgIpc) is 2.40. The van der Waals surface area contributed by atoms with Gasteiger partial charge < -0.3 is 10.1 Å². The van der Waals surface area contributed by atoms with Gasteiger partial charge in [0.25, 0.3) is 0 Å². The van der Waals surface area contributed by atoms with Gasteiger partial charge in [0.15, 0.2) is 0 Å². The lowest BCUT2D eigenvalue weighted by Gasteiger charge is -2.10. The molecule has 0 saturated carbocycles. The van der Waals surface area contributed by atoms with E-state index >= 15 is 0 Å². The van der Waals surface area contributed by atoms with Crippen molar-refractivity contribution in [2.75, 3.05) is 12.4 Å². The molecule has 0 saturated heterocycles. The number of rotatable bonds is 3. The van der Waals surface area contributed by atoms with Crippen molar-refractivity contribution in [3.05, 3.63) is 52.8 Å². The fourth-order valence-electron chi connectivity index (χ4n) is 1.61. The highest BCUT2D eigenvalue weighted by atomic mass is 35.5. The third-order valence-electron chi connectivity index (χ3n) is 2.48. The van der Waals surface area contributed by atoms with Gasteiger partial charge >= 0.3 is 0 Å². The summed E-state index contributed by atoms with van der Waals surface area (Å²) in [5, 5.41) is 12.2. The van der Waals surface area contributed by atoms with Gasteiger partial charge in [0, 0.05) is 11.8 Å². The van der Waals surface area contributed by atoms with E-state index in [1.165, 1.54) is 12.1 Å². The Hall–Kier alpha value is -2.25. The van der Waals surface area contributed by atoms with Crippen molar-refractivity contribution in [2.24, 2.45) is 0 Å². The molecule has 19 heavy (non-hydrogen) atoms. The minimum Gasteiger partial charge on any atom is -0.497 e. The van der Waals surface area contributed by atoms with Crippen LogP contribution in [-0.2, 0) is 0 Å². The maximum Gasteiger partial charge on any atom is 0.126 e. The molecule has 0 radical (unpaired) electrons. The van der Waals surface area contributed by atoms with Gasteiger partial charge in [-0.1, -0.05) is 11.6 Å². The van der Waals surface area contributed by atoms with Crippen LogP contribution in [0.25, 0.3) is 0 Å². The molecule has 2 aromatic rings. The molecule has 0 bridgehead atoms. The molecule has 96 valence electrons. The summed E-state index contributed by atoms with van der Waals surface area (Å²) in [7, 11) is 1.54. The van der Waals surface area contributed by atoms with Crippen molar-refractivity contribution >= 4 is 23.0 Å². The Kier molecular flexibility index (Phi) is 3.88. The molecule has 0 heterocycles. The van der Waals surface area contributed by atoms with Crippen LogP contribution in [-0.4, -0.2) is 7.11 Å². The van der Waals surface area contributed by atoms with Crippen LogP contribution in [0, 0.1) is 17.1 Å². The van der Waals surface area contributed by atoms with Gasteiger partial charge in [-0.05, 0) is 30.3 Å². The van der Waals surface area contributed by atoms with E-state index in [2.05, 4.69) is 5.32 Å². The third-order valence-corrected chi connectivity index (χ3v) is 2.81. The second-order valence-electron chi connectivity index (χ2n) is 3.81. The van der Waals surface area contributed by atoms with Crippen LogP contribution < -0.4 is 10.1 Å². The van der Waals surface area contributed by atoms with Gasteiger partial charge in [0.2, 0.25) is 0 Å². The van der Waals surface area contributed by atoms with Crippen LogP contribution in [0.5, 0.6) is 5.75 Å². The van der Waals surface area contributed by atoms with Crippen LogP contribution in [0.4, 0.5) is 15.8 Å². The number of halogens is 2. The summed E-state index contributed by atoms with van der Waals surface area (Å²) in [6, 6.07) is 11.0. The van der Waals surface area contributed by atoms with E-state index < -0.39 is 5.82 Å². The predicted molar refractivity (Wildman–Crippen MR) is 72.4 cm³/mol. The van der Waals surface area contributed by atoms with E-state index in [1.54, 1.807) is 31.4 Å². The van der Waals surface area contributed by atoms with E-state index in [9.17, 15) is 4.39 Å². The second kappa shape index (κ2) is 5.59. The van der Waals surface area contributed by atoms with E-state index in [0.29, 0.717) is 22.1 Å². The lowest BCUT2D eigenvalue weighted by molar-refractivity contribution is 0.415. The normalized spacial score (nSPS) is 9.79. The molecular formula is C14H10ClFN2O. The quantitative estimate of drug-likeness (QED) is 0.918. The lowest BCUT2D eigenvalue weighted by atomic mass is 10.2. The monoisotopic (exact) mass is 276 g/mol. The van der Waals surface area contributed by atoms with Crippen molar-refractivity contribution in [3.8, 4) is 11.8 Å². The maximum atomic E-state index is 13.3. The molecule has 2 rings (SSSR count). The van der Waals surface area contributed by atoms with Crippen molar-refractivity contribution in [3.63, 3.8) is 0 Å². The Morgan fingerprint density at radius 3 is 2.74 bits per heavy atom. The van der Waals surface area contributed by atoms with Crippen LogP contribution >= 0.6 is 11.6 Å². The van der Waals surface area contributed by atoms with Gasteiger partial charge in [-0.2, -0.15) is 5.26 Å². The topological polar surface area (TPSA) is 45.0 Å². The van der Waals surface area contributed by atoms with E-state index in [1.807, 2.05) is 6.07 Å². The first-order valence-corrected chi connectivity index (χ1v) is 5.81. The summed E-state index contributed by atoms with van der Waals surface area (Å²) in [5.41, 5.74) is 1.27. The minimum absolute atomic E-state index is 0.238. The number of hydrogen-bond acceptors (Lipinski definition) is 3. The van der Waals surface area contributed by atoms with Crippen molar-refractivity contribution in [1.82, 2.24) is 0 Å². The molecular weight excluding hydrogens is 267 g/mol. The summed E-state index contributed by atoms with van der Waals surface area (Å²) in [6.07, 6.45) is 0. The second-order valence-corrected chi connectivity index (χ2v) is 4.22. The Balaban J connectivity index is 2.36.